The van der Waals surface area contributed by atoms with Crippen molar-refractivity contribution in [3.63, 3.8) is 0 Å². The predicted octanol–water partition coefficient (Wildman–Crippen LogP) is 3.66. The summed E-state index contributed by atoms with van der Waals surface area (Å²) < 4.78 is 12.6. The van der Waals surface area contributed by atoms with Gasteiger partial charge in [-0.05, 0) is 58.7 Å². The zero-order valence-electron chi connectivity index (χ0n) is 18.1. The van der Waals surface area contributed by atoms with Crippen LogP contribution < -0.4 is 10.1 Å². The Kier molecular flexibility index (Phi) is 5.15. The van der Waals surface area contributed by atoms with Crippen molar-refractivity contribution < 1.29 is 14.6 Å². The van der Waals surface area contributed by atoms with Crippen molar-refractivity contribution >= 4 is 11.0 Å². The minimum absolute atomic E-state index is 0.0116. The van der Waals surface area contributed by atoms with E-state index in [4.69, 9.17) is 9.47 Å². The first-order valence-electron chi connectivity index (χ1n) is 10.1. The molecule has 4 rings (SSSR count). The number of nitrogens with zero attached hydrogens (tertiary/aromatic N) is 4. The number of benzene rings is 1. The predicted molar refractivity (Wildman–Crippen MR) is 114 cm³/mol. The number of ether oxygens (including phenoxy) is 2. The average molecular weight is 412 g/mol. The molecule has 1 fully saturated rings. The maximum absolute atomic E-state index is 9.81. The molecule has 8 heteroatoms. The largest absolute Gasteiger partial charge is 0.508 e. The zero-order chi connectivity index (χ0) is 21.5. The fourth-order valence-electron chi connectivity index (χ4n) is 4.66. The highest BCUT2D eigenvalue weighted by atomic mass is 16.7. The number of hydrogen-bond acceptors (Lipinski definition) is 7. The van der Waals surface area contributed by atoms with Crippen LogP contribution in [0.15, 0.2) is 30.5 Å². The Morgan fingerprint density at radius 2 is 1.87 bits per heavy atom. The van der Waals surface area contributed by atoms with Gasteiger partial charge in [-0.2, -0.15) is 5.10 Å². The number of phenolic OH excluding ortho intramolecular Hbond substituents is 1. The second kappa shape index (κ2) is 7.52. The zero-order valence-corrected chi connectivity index (χ0v) is 18.1. The van der Waals surface area contributed by atoms with E-state index in [0.29, 0.717) is 11.4 Å². The normalized spacial score (nSPS) is 18.6. The molecule has 0 saturated carbocycles. The van der Waals surface area contributed by atoms with Crippen LogP contribution in [0.3, 0.4) is 0 Å². The molecule has 0 aliphatic carbocycles. The van der Waals surface area contributed by atoms with Crippen LogP contribution in [0.4, 0.5) is 0 Å². The third kappa shape index (κ3) is 4.11. The minimum atomic E-state index is 0.0116. The summed E-state index contributed by atoms with van der Waals surface area (Å²) in [5, 5.41) is 28.1. The summed E-state index contributed by atoms with van der Waals surface area (Å²) in [4.78, 5) is 0. The van der Waals surface area contributed by atoms with E-state index in [1.165, 1.54) is 0 Å². The van der Waals surface area contributed by atoms with Gasteiger partial charge >= 0.3 is 0 Å². The quantitative estimate of drug-likeness (QED) is 0.619. The Labute approximate surface area is 176 Å². The summed E-state index contributed by atoms with van der Waals surface area (Å²) in [6, 6.07) is 7.10. The number of phenols is 1. The molecule has 2 aromatic heterocycles. The van der Waals surface area contributed by atoms with Crippen LogP contribution in [0.2, 0.25) is 0 Å². The minimum Gasteiger partial charge on any atom is -0.508 e. The monoisotopic (exact) mass is 411 g/mol. The topological polar surface area (TPSA) is 94.3 Å². The van der Waals surface area contributed by atoms with Crippen molar-refractivity contribution in [2.75, 3.05) is 13.9 Å². The van der Waals surface area contributed by atoms with E-state index in [0.717, 1.165) is 29.4 Å². The van der Waals surface area contributed by atoms with Crippen LogP contribution in [0.25, 0.3) is 22.3 Å². The van der Waals surface area contributed by atoms with Crippen molar-refractivity contribution in [3.8, 4) is 22.8 Å². The molecule has 3 heterocycles. The van der Waals surface area contributed by atoms with Crippen LogP contribution >= 0.6 is 0 Å². The Bertz CT molecular complexity index is 1040. The number of rotatable bonds is 5. The van der Waals surface area contributed by atoms with Gasteiger partial charge in [0.2, 0.25) is 0 Å². The average Bonchev–Trinajstić information content (AvgIpc) is 3.07. The first kappa shape index (κ1) is 20.6. The Morgan fingerprint density at radius 3 is 2.57 bits per heavy atom. The van der Waals surface area contributed by atoms with E-state index in [-0.39, 0.29) is 29.7 Å². The lowest BCUT2D eigenvalue weighted by Crippen LogP contribution is -2.58. The second-order valence-corrected chi connectivity index (χ2v) is 9.28. The lowest BCUT2D eigenvalue weighted by molar-refractivity contribution is 0.0514. The standard InChI is InChI=1S/C22H29N5O3/c1-21(2)10-15(11-22(3,4)26-21)27-20-14(12-23-27)8-18(24-25-20)17-7-6-16(28)9-19(17)30-13-29-5/h6-9,12,15,26,28H,10-11,13H2,1-5H3. The van der Waals surface area contributed by atoms with Gasteiger partial charge in [-0.25, -0.2) is 4.68 Å². The van der Waals surface area contributed by atoms with Crippen LogP contribution in [0.1, 0.15) is 46.6 Å². The van der Waals surface area contributed by atoms with Gasteiger partial charge in [0.1, 0.15) is 11.5 Å². The summed E-state index contributed by atoms with van der Waals surface area (Å²) >= 11 is 0. The first-order chi connectivity index (χ1) is 14.2. The van der Waals surface area contributed by atoms with Crippen molar-refractivity contribution in [1.82, 2.24) is 25.3 Å². The molecule has 30 heavy (non-hydrogen) atoms. The highest BCUT2D eigenvalue weighted by molar-refractivity contribution is 5.80. The number of methoxy groups -OCH3 is 1. The first-order valence-corrected chi connectivity index (χ1v) is 10.1. The van der Waals surface area contributed by atoms with Gasteiger partial charge < -0.3 is 19.9 Å². The summed E-state index contributed by atoms with van der Waals surface area (Å²) in [5.74, 6) is 0.600. The third-order valence-corrected chi connectivity index (χ3v) is 5.43. The van der Waals surface area contributed by atoms with E-state index in [1.54, 1.807) is 25.3 Å². The Hall–Kier alpha value is -2.71. The molecule has 0 bridgehead atoms. The van der Waals surface area contributed by atoms with Gasteiger partial charge in [0.15, 0.2) is 12.4 Å². The number of piperidine rings is 1. The molecule has 1 aromatic carbocycles. The van der Waals surface area contributed by atoms with E-state index >= 15 is 0 Å². The fraction of sp³-hybridized carbons (Fsp3) is 0.500. The fourth-order valence-corrected chi connectivity index (χ4v) is 4.66. The van der Waals surface area contributed by atoms with Gasteiger partial charge in [-0.15, -0.1) is 10.2 Å². The number of aromatic nitrogens is 4. The van der Waals surface area contributed by atoms with Gasteiger partial charge in [0.05, 0.1) is 17.9 Å². The van der Waals surface area contributed by atoms with Crippen molar-refractivity contribution in [1.29, 1.82) is 0 Å². The lowest BCUT2D eigenvalue weighted by atomic mass is 9.80. The molecular weight excluding hydrogens is 382 g/mol. The molecule has 0 amide bonds. The smallest absolute Gasteiger partial charge is 0.188 e. The molecule has 3 aromatic rings. The summed E-state index contributed by atoms with van der Waals surface area (Å²) in [7, 11) is 1.55. The molecular formula is C22H29N5O3. The molecule has 160 valence electrons. The van der Waals surface area contributed by atoms with E-state index < -0.39 is 0 Å². The summed E-state index contributed by atoms with van der Waals surface area (Å²) in [6.07, 6.45) is 3.76. The second-order valence-electron chi connectivity index (χ2n) is 9.28. The summed E-state index contributed by atoms with van der Waals surface area (Å²) in [5.41, 5.74) is 2.18. The molecule has 0 unspecified atom stereocenters. The van der Waals surface area contributed by atoms with Crippen molar-refractivity contribution in [3.05, 3.63) is 30.5 Å². The van der Waals surface area contributed by atoms with Crippen LogP contribution in [-0.4, -0.2) is 50.1 Å². The van der Waals surface area contributed by atoms with E-state index in [9.17, 15) is 5.11 Å². The van der Waals surface area contributed by atoms with E-state index in [2.05, 4.69) is 48.3 Å². The maximum atomic E-state index is 9.81. The van der Waals surface area contributed by atoms with Gasteiger partial charge in [0.25, 0.3) is 0 Å². The number of hydrogen-bond donors (Lipinski definition) is 2. The molecule has 1 aliphatic heterocycles. The Balaban J connectivity index is 1.70. The van der Waals surface area contributed by atoms with Crippen LogP contribution in [0, 0.1) is 0 Å². The SMILES string of the molecule is COCOc1cc(O)ccc1-c1cc2cnn(C3CC(C)(C)NC(C)(C)C3)c2nn1. The molecule has 8 nitrogen and oxygen atoms in total. The van der Waals surface area contributed by atoms with Crippen molar-refractivity contribution in [2.45, 2.75) is 57.7 Å². The molecule has 1 aliphatic rings. The molecule has 1 saturated heterocycles. The lowest BCUT2D eigenvalue weighted by Gasteiger charge is -2.46. The number of nitrogens with one attached hydrogen (secondary N) is 1. The highest BCUT2D eigenvalue weighted by Gasteiger charge is 2.39. The van der Waals surface area contributed by atoms with Gasteiger partial charge in [0, 0.05) is 35.2 Å². The molecule has 0 radical (unpaired) electrons. The molecule has 2 N–H and O–H groups in total. The summed E-state index contributed by atoms with van der Waals surface area (Å²) in [6.45, 7) is 8.97. The molecule has 0 atom stereocenters. The van der Waals surface area contributed by atoms with Crippen LogP contribution in [-0.2, 0) is 4.74 Å². The number of aromatic hydroxyl groups is 1. The van der Waals surface area contributed by atoms with Gasteiger partial charge in [-0.3, -0.25) is 0 Å². The van der Waals surface area contributed by atoms with Gasteiger partial charge in [-0.1, -0.05) is 0 Å². The third-order valence-electron chi connectivity index (χ3n) is 5.43. The van der Waals surface area contributed by atoms with Crippen LogP contribution in [0.5, 0.6) is 11.5 Å². The number of fused-ring (bicyclic) bond motifs is 1. The maximum Gasteiger partial charge on any atom is 0.188 e. The highest BCUT2D eigenvalue weighted by Crippen LogP contribution is 2.37. The molecule has 0 spiro atoms. The van der Waals surface area contributed by atoms with Crippen molar-refractivity contribution in [2.24, 2.45) is 0 Å². The van der Waals surface area contributed by atoms with E-state index in [1.807, 2.05) is 16.9 Å². The Morgan fingerprint density at radius 1 is 1.13 bits per heavy atom.